The molecule has 0 aliphatic heterocycles. The molecule has 3 unspecified atom stereocenters. The van der Waals surface area contributed by atoms with E-state index >= 15 is 0 Å². The van der Waals surface area contributed by atoms with Crippen LogP contribution in [0.3, 0.4) is 0 Å². The normalized spacial score (nSPS) is 40.5. The van der Waals surface area contributed by atoms with E-state index in [0.717, 1.165) is 17.8 Å². The molecule has 0 nitrogen and oxygen atoms in total. The summed E-state index contributed by atoms with van der Waals surface area (Å²) in [4.78, 5) is 0. The van der Waals surface area contributed by atoms with Crippen molar-refractivity contribution in [1.29, 1.82) is 0 Å². The van der Waals surface area contributed by atoms with Crippen molar-refractivity contribution in [3.05, 3.63) is 24.8 Å². The summed E-state index contributed by atoms with van der Waals surface area (Å²) in [5.74, 6) is 2.80. The molecule has 12 heavy (non-hydrogen) atoms. The molecule has 2 aliphatic carbocycles. The van der Waals surface area contributed by atoms with Gasteiger partial charge in [-0.25, -0.2) is 0 Å². The van der Waals surface area contributed by atoms with Crippen LogP contribution in [-0.4, -0.2) is 0 Å². The average molecular weight is 162 g/mol. The van der Waals surface area contributed by atoms with Crippen LogP contribution in [0.5, 0.6) is 0 Å². The second-order valence-corrected chi connectivity index (χ2v) is 4.27. The highest BCUT2D eigenvalue weighted by Crippen LogP contribution is 2.40. The standard InChI is InChI=1S/C12H18/c1-2-10-7-8-11-5-3-4-6-12(11)9-10/h2-4,10-12H,1,5-9H2. The van der Waals surface area contributed by atoms with Gasteiger partial charge in [0, 0.05) is 0 Å². The van der Waals surface area contributed by atoms with Gasteiger partial charge in [0.1, 0.15) is 0 Å². The van der Waals surface area contributed by atoms with Gasteiger partial charge in [-0.3, -0.25) is 0 Å². The first-order valence-electron chi connectivity index (χ1n) is 5.17. The third kappa shape index (κ3) is 1.48. The van der Waals surface area contributed by atoms with Gasteiger partial charge in [0.25, 0.3) is 0 Å². The molecule has 0 bridgehead atoms. The number of rotatable bonds is 1. The maximum absolute atomic E-state index is 3.90. The molecule has 0 radical (unpaired) electrons. The third-order valence-electron chi connectivity index (χ3n) is 3.56. The van der Waals surface area contributed by atoms with Crippen molar-refractivity contribution in [3.63, 3.8) is 0 Å². The van der Waals surface area contributed by atoms with Gasteiger partial charge in [-0.15, -0.1) is 6.58 Å². The Kier molecular flexibility index (Phi) is 2.34. The average Bonchev–Trinajstić information content (AvgIpc) is 2.17. The Morgan fingerprint density at radius 3 is 2.58 bits per heavy atom. The quantitative estimate of drug-likeness (QED) is 0.517. The fourth-order valence-electron chi connectivity index (χ4n) is 2.72. The van der Waals surface area contributed by atoms with E-state index in [2.05, 4.69) is 24.8 Å². The summed E-state index contributed by atoms with van der Waals surface area (Å²) in [5.41, 5.74) is 0. The van der Waals surface area contributed by atoms with Crippen molar-refractivity contribution in [1.82, 2.24) is 0 Å². The molecule has 0 heteroatoms. The lowest BCUT2D eigenvalue weighted by molar-refractivity contribution is 0.198. The van der Waals surface area contributed by atoms with E-state index in [1.54, 1.807) is 0 Å². The summed E-state index contributed by atoms with van der Waals surface area (Å²) >= 11 is 0. The van der Waals surface area contributed by atoms with Crippen LogP contribution in [0.2, 0.25) is 0 Å². The van der Waals surface area contributed by atoms with Crippen LogP contribution in [0.4, 0.5) is 0 Å². The lowest BCUT2D eigenvalue weighted by Gasteiger charge is -2.36. The van der Waals surface area contributed by atoms with Crippen LogP contribution in [0.25, 0.3) is 0 Å². The number of allylic oxidation sites excluding steroid dienone is 3. The van der Waals surface area contributed by atoms with Crippen molar-refractivity contribution in [3.8, 4) is 0 Å². The lowest BCUT2D eigenvalue weighted by Crippen LogP contribution is -2.25. The van der Waals surface area contributed by atoms with E-state index in [1.165, 1.54) is 32.1 Å². The first kappa shape index (κ1) is 8.10. The van der Waals surface area contributed by atoms with E-state index in [0.29, 0.717) is 0 Å². The van der Waals surface area contributed by atoms with Crippen molar-refractivity contribution < 1.29 is 0 Å². The highest BCUT2D eigenvalue weighted by molar-refractivity contribution is 4.99. The van der Waals surface area contributed by atoms with Gasteiger partial charge >= 0.3 is 0 Å². The van der Waals surface area contributed by atoms with Crippen LogP contribution >= 0.6 is 0 Å². The van der Waals surface area contributed by atoms with Gasteiger partial charge in [-0.1, -0.05) is 18.2 Å². The van der Waals surface area contributed by atoms with Gasteiger partial charge in [0.15, 0.2) is 0 Å². The molecular formula is C12H18. The maximum atomic E-state index is 3.90. The smallest absolute Gasteiger partial charge is 0.0233 e. The van der Waals surface area contributed by atoms with E-state index in [9.17, 15) is 0 Å². The molecule has 2 rings (SSSR count). The summed E-state index contributed by atoms with van der Waals surface area (Å²) in [6.07, 6.45) is 13.8. The van der Waals surface area contributed by atoms with E-state index in [-0.39, 0.29) is 0 Å². The van der Waals surface area contributed by atoms with E-state index in [4.69, 9.17) is 0 Å². The van der Waals surface area contributed by atoms with E-state index < -0.39 is 0 Å². The maximum Gasteiger partial charge on any atom is -0.0233 e. The molecule has 0 heterocycles. The molecule has 0 N–H and O–H groups in total. The molecule has 0 saturated heterocycles. The van der Waals surface area contributed by atoms with E-state index in [1.807, 2.05) is 0 Å². The molecule has 2 aliphatic rings. The zero-order valence-electron chi connectivity index (χ0n) is 7.71. The highest BCUT2D eigenvalue weighted by atomic mass is 14.3. The van der Waals surface area contributed by atoms with Gasteiger partial charge in [0.2, 0.25) is 0 Å². The highest BCUT2D eigenvalue weighted by Gasteiger charge is 2.28. The fraction of sp³-hybridized carbons (Fsp3) is 0.667. The number of hydrogen-bond acceptors (Lipinski definition) is 0. The molecule has 66 valence electrons. The minimum absolute atomic E-state index is 0.817. The van der Waals surface area contributed by atoms with Crippen LogP contribution in [0, 0.1) is 17.8 Å². The van der Waals surface area contributed by atoms with Crippen molar-refractivity contribution >= 4 is 0 Å². The summed E-state index contributed by atoms with van der Waals surface area (Å²) < 4.78 is 0. The predicted molar refractivity (Wildman–Crippen MR) is 52.9 cm³/mol. The Labute approximate surface area is 75.4 Å². The van der Waals surface area contributed by atoms with Gasteiger partial charge in [-0.05, 0) is 49.9 Å². The third-order valence-corrected chi connectivity index (χ3v) is 3.56. The molecule has 0 spiro atoms. The van der Waals surface area contributed by atoms with Gasteiger partial charge < -0.3 is 0 Å². The van der Waals surface area contributed by atoms with Crippen LogP contribution in [0.1, 0.15) is 32.1 Å². The molecule has 0 aromatic rings. The fourth-order valence-corrected chi connectivity index (χ4v) is 2.72. The zero-order valence-corrected chi connectivity index (χ0v) is 7.71. The lowest BCUT2D eigenvalue weighted by atomic mass is 9.69. The van der Waals surface area contributed by atoms with Crippen molar-refractivity contribution in [2.75, 3.05) is 0 Å². The summed E-state index contributed by atoms with van der Waals surface area (Å²) in [6.45, 7) is 3.90. The van der Waals surface area contributed by atoms with Crippen LogP contribution in [0.15, 0.2) is 24.8 Å². The second kappa shape index (κ2) is 3.47. The molecule has 1 fully saturated rings. The molecule has 0 amide bonds. The minimum Gasteiger partial charge on any atom is -0.103 e. The number of hydrogen-bond donors (Lipinski definition) is 0. The molecule has 0 aromatic heterocycles. The second-order valence-electron chi connectivity index (χ2n) is 4.27. The first-order valence-corrected chi connectivity index (χ1v) is 5.17. The SMILES string of the molecule is C=CC1CCC2CC=CCC2C1. The Balaban J connectivity index is 1.99. The summed E-state index contributed by atoms with van der Waals surface area (Å²) in [5, 5.41) is 0. The van der Waals surface area contributed by atoms with Gasteiger partial charge in [0.05, 0.1) is 0 Å². The van der Waals surface area contributed by atoms with Crippen LogP contribution in [-0.2, 0) is 0 Å². The summed E-state index contributed by atoms with van der Waals surface area (Å²) in [7, 11) is 0. The molecule has 1 saturated carbocycles. The Morgan fingerprint density at radius 2 is 1.83 bits per heavy atom. The minimum atomic E-state index is 0.817. The number of fused-ring (bicyclic) bond motifs is 1. The Bertz CT molecular complexity index is 190. The molecule has 3 atom stereocenters. The summed E-state index contributed by atoms with van der Waals surface area (Å²) in [6, 6.07) is 0. The Hall–Kier alpha value is -0.520. The largest absolute Gasteiger partial charge is 0.103 e. The Morgan fingerprint density at radius 1 is 1.08 bits per heavy atom. The monoisotopic (exact) mass is 162 g/mol. The molecular weight excluding hydrogens is 144 g/mol. The van der Waals surface area contributed by atoms with Gasteiger partial charge in [-0.2, -0.15) is 0 Å². The zero-order chi connectivity index (χ0) is 8.39. The topological polar surface area (TPSA) is 0 Å². The van der Waals surface area contributed by atoms with Crippen molar-refractivity contribution in [2.45, 2.75) is 32.1 Å². The predicted octanol–water partition coefficient (Wildman–Crippen LogP) is 3.55. The molecule has 0 aromatic carbocycles. The van der Waals surface area contributed by atoms with Crippen molar-refractivity contribution in [2.24, 2.45) is 17.8 Å². The van der Waals surface area contributed by atoms with Crippen LogP contribution < -0.4 is 0 Å². The first-order chi connectivity index (χ1) is 5.90.